The zero-order valence-corrected chi connectivity index (χ0v) is 20.7. The summed E-state index contributed by atoms with van der Waals surface area (Å²) in [5.74, 6) is 1.75. The van der Waals surface area contributed by atoms with Gasteiger partial charge in [-0.2, -0.15) is 4.98 Å². The lowest BCUT2D eigenvalue weighted by molar-refractivity contribution is -0.958. The number of carbonyl (C=O) groups is 1. The van der Waals surface area contributed by atoms with Crippen molar-refractivity contribution >= 4 is 5.97 Å². The molecule has 4 aliphatic rings. The zero-order chi connectivity index (χ0) is 23.0. The zero-order valence-electron chi connectivity index (χ0n) is 19.9. The minimum atomic E-state index is -0.476. The molecule has 4 heterocycles. The Morgan fingerprint density at radius 3 is 2.34 bits per heavy atom. The summed E-state index contributed by atoms with van der Waals surface area (Å²) in [5.41, 5.74) is 1.58. The molecule has 7 rings (SSSR count). The van der Waals surface area contributed by atoms with Crippen molar-refractivity contribution in [3.05, 3.63) is 72.1 Å². The number of piperidine rings is 3. The summed E-state index contributed by atoms with van der Waals surface area (Å²) < 4.78 is 12.8. The van der Waals surface area contributed by atoms with Gasteiger partial charge in [-0.1, -0.05) is 66.5 Å². The molecule has 6 nitrogen and oxygen atoms in total. The van der Waals surface area contributed by atoms with Crippen molar-refractivity contribution in [2.75, 3.05) is 19.6 Å². The average molecular weight is 494 g/mol. The van der Waals surface area contributed by atoms with Gasteiger partial charge in [0.25, 0.3) is 5.89 Å². The number of carbonyl (C=O) groups excluding carboxylic acids is 1. The number of hydrogen-bond acceptors (Lipinski definition) is 5. The van der Waals surface area contributed by atoms with Gasteiger partial charge in [-0.3, -0.25) is 4.79 Å². The lowest BCUT2D eigenvalue weighted by atomic mass is 9.78. The molecule has 1 saturated carbocycles. The van der Waals surface area contributed by atoms with Crippen LogP contribution in [0.5, 0.6) is 0 Å². The molecule has 3 aliphatic heterocycles. The molecule has 1 atom stereocenters. The van der Waals surface area contributed by atoms with Crippen LogP contribution in [0.1, 0.15) is 49.9 Å². The largest absolute Gasteiger partial charge is 1.00 e. The maximum absolute atomic E-state index is 13.7. The molecule has 2 bridgehead atoms. The average Bonchev–Trinajstić information content (AvgIpc) is 3.57. The van der Waals surface area contributed by atoms with Gasteiger partial charge in [0.05, 0.1) is 18.5 Å². The van der Waals surface area contributed by atoms with E-state index in [2.05, 4.69) is 22.3 Å². The van der Waals surface area contributed by atoms with Gasteiger partial charge in [0.15, 0.2) is 6.10 Å². The molecular formula is C28H32ClN3O3. The number of quaternary nitrogens is 1. The smallest absolute Gasteiger partial charge is 0.317 e. The Balaban J connectivity index is 0.00000253. The number of halogens is 1. The molecule has 3 saturated heterocycles. The van der Waals surface area contributed by atoms with E-state index in [1.54, 1.807) is 0 Å². The number of hydrogen-bond donors (Lipinski definition) is 0. The maximum Gasteiger partial charge on any atom is 0.317 e. The maximum atomic E-state index is 13.7. The quantitative estimate of drug-likeness (QED) is 0.387. The summed E-state index contributed by atoms with van der Waals surface area (Å²) in [7, 11) is 0. The van der Waals surface area contributed by atoms with Gasteiger partial charge in [-0.15, -0.1) is 0 Å². The van der Waals surface area contributed by atoms with Crippen LogP contribution in [0.2, 0.25) is 0 Å². The molecule has 0 amide bonds. The second kappa shape index (κ2) is 9.75. The number of esters is 1. The standard InChI is InChI=1S/C28H32N3O3.ClH/c32-27(28(15-7-8-16-28)23-11-5-2-6-12-23)33-24-19-31(17-13-21(24)14-18-31)20-25-29-26(34-30-25)22-9-3-1-4-10-22;/h1-6,9-12,21,24H,7-8,13-20H2;1H/q+1;/p-1. The van der Waals surface area contributed by atoms with Crippen molar-refractivity contribution < 1.29 is 30.9 Å². The number of rotatable bonds is 6. The van der Waals surface area contributed by atoms with Crippen LogP contribution in [0, 0.1) is 5.92 Å². The summed E-state index contributed by atoms with van der Waals surface area (Å²) in [6.07, 6.45) is 6.08. The molecule has 2 aromatic carbocycles. The fraction of sp³-hybridized carbons (Fsp3) is 0.464. The Hall–Kier alpha value is -2.70. The Morgan fingerprint density at radius 2 is 1.66 bits per heavy atom. The van der Waals surface area contributed by atoms with Gasteiger partial charge < -0.3 is 26.2 Å². The van der Waals surface area contributed by atoms with Gasteiger partial charge in [0, 0.05) is 24.3 Å². The number of nitrogens with zero attached hydrogens (tertiary/aromatic N) is 3. The first-order chi connectivity index (χ1) is 16.7. The fourth-order valence-corrected chi connectivity index (χ4v) is 6.49. The van der Waals surface area contributed by atoms with Crippen LogP contribution < -0.4 is 12.4 Å². The van der Waals surface area contributed by atoms with E-state index in [0.29, 0.717) is 11.8 Å². The van der Waals surface area contributed by atoms with Gasteiger partial charge >= 0.3 is 5.97 Å². The Labute approximate surface area is 212 Å². The Kier molecular flexibility index (Phi) is 6.69. The second-order valence-electron chi connectivity index (χ2n) is 10.4. The van der Waals surface area contributed by atoms with Crippen molar-refractivity contribution in [2.45, 2.75) is 56.6 Å². The Morgan fingerprint density at radius 1 is 1.00 bits per heavy atom. The van der Waals surface area contributed by atoms with Crippen LogP contribution in [-0.2, 0) is 21.5 Å². The third-order valence-corrected chi connectivity index (χ3v) is 8.44. The molecule has 35 heavy (non-hydrogen) atoms. The van der Waals surface area contributed by atoms with E-state index in [4.69, 9.17) is 9.26 Å². The van der Waals surface area contributed by atoms with Gasteiger partial charge in [0.2, 0.25) is 5.82 Å². The molecule has 1 aliphatic carbocycles. The summed E-state index contributed by atoms with van der Waals surface area (Å²) in [5, 5.41) is 4.29. The number of ether oxygens (including phenoxy) is 1. The van der Waals surface area contributed by atoms with Crippen molar-refractivity contribution in [1.82, 2.24) is 10.1 Å². The highest BCUT2D eigenvalue weighted by molar-refractivity contribution is 5.83. The Bertz CT molecular complexity index is 1140. The molecule has 0 N–H and O–H groups in total. The fourth-order valence-electron chi connectivity index (χ4n) is 6.49. The van der Waals surface area contributed by atoms with Gasteiger partial charge in [0.1, 0.15) is 13.1 Å². The monoisotopic (exact) mass is 493 g/mol. The number of benzene rings is 2. The predicted molar refractivity (Wildman–Crippen MR) is 127 cm³/mol. The second-order valence-corrected chi connectivity index (χ2v) is 10.4. The van der Waals surface area contributed by atoms with E-state index in [1.807, 2.05) is 48.5 Å². The van der Waals surface area contributed by atoms with E-state index in [0.717, 1.165) is 86.1 Å². The number of fused-ring (bicyclic) bond motifs is 3. The van der Waals surface area contributed by atoms with Gasteiger partial charge in [-0.05, 0) is 30.5 Å². The van der Waals surface area contributed by atoms with E-state index < -0.39 is 5.41 Å². The summed E-state index contributed by atoms with van der Waals surface area (Å²) >= 11 is 0. The highest BCUT2D eigenvalue weighted by atomic mass is 35.5. The topological polar surface area (TPSA) is 65.2 Å². The third-order valence-electron chi connectivity index (χ3n) is 8.44. The summed E-state index contributed by atoms with van der Waals surface area (Å²) in [4.78, 5) is 18.3. The molecule has 3 aromatic rings. The van der Waals surface area contributed by atoms with Gasteiger partial charge in [-0.25, -0.2) is 0 Å². The summed E-state index contributed by atoms with van der Waals surface area (Å²) in [6, 6.07) is 20.2. The van der Waals surface area contributed by atoms with Crippen LogP contribution in [0.25, 0.3) is 11.5 Å². The van der Waals surface area contributed by atoms with Crippen molar-refractivity contribution in [2.24, 2.45) is 5.92 Å². The summed E-state index contributed by atoms with van der Waals surface area (Å²) in [6.45, 7) is 3.73. The molecular weight excluding hydrogens is 462 g/mol. The molecule has 7 heteroatoms. The number of aromatic nitrogens is 2. The van der Waals surface area contributed by atoms with Crippen molar-refractivity contribution in [3.8, 4) is 11.5 Å². The van der Waals surface area contributed by atoms with Crippen molar-refractivity contribution in [3.63, 3.8) is 0 Å². The van der Waals surface area contributed by atoms with E-state index in [9.17, 15) is 4.79 Å². The normalized spacial score (nSPS) is 26.7. The SMILES string of the molecule is O=C(OC1C[N+]2(Cc3noc(-c4ccccc4)n3)CCC1CC2)C1(c2ccccc2)CCCC1.[Cl-]. The first kappa shape index (κ1) is 24.0. The molecule has 0 radical (unpaired) electrons. The highest BCUT2D eigenvalue weighted by Crippen LogP contribution is 2.44. The highest BCUT2D eigenvalue weighted by Gasteiger charge is 2.51. The van der Waals surface area contributed by atoms with Crippen LogP contribution in [-0.4, -0.2) is 46.3 Å². The van der Waals surface area contributed by atoms with Crippen LogP contribution in [0.15, 0.2) is 65.2 Å². The lowest BCUT2D eigenvalue weighted by Gasteiger charge is -2.51. The van der Waals surface area contributed by atoms with E-state index in [1.165, 1.54) is 0 Å². The van der Waals surface area contributed by atoms with Crippen LogP contribution in [0.3, 0.4) is 0 Å². The first-order valence-electron chi connectivity index (χ1n) is 12.7. The molecule has 1 unspecified atom stereocenters. The molecule has 0 spiro atoms. The molecule has 4 fully saturated rings. The first-order valence-corrected chi connectivity index (χ1v) is 12.7. The minimum absolute atomic E-state index is 0. The minimum Gasteiger partial charge on any atom is -1.00 e. The lowest BCUT2D eigenvalue weighted by Crippen LogP contribution is -3.00. The van der Waals surface area contributed by atoms with Crippen LogP contribution in [0.4, 0.5) is 0 Å². The van der Waals surface area contributed by atoms with E-state index >= 15 is 0 Å². The van der Waals surface area contributed by atoms with E-state index in [-0.39, 0.29) is 24.5 Å². The molecule has 1 aromatic heterocycles. The molecule has 184 valence electrons. The predicted octanol–water partition coefficient (Wildman–Crippen LogP) is 1.90. The third kappa shape index (κ3) is 4.50. The van der Waals surface area contributed by atoms with Crippen molar-refractivity contribution in [1.29, 1.82) is 0 Å². The van der Waals surface area contributed by atoms with Crippen LogP contribution >= 0.6 is 0 Å².